The third kappa shape index (κ3) is 3.33. The van der Waals surface area contributed by atoms with E-state index in [1.165, 1.54) is 0 Å². The molecule has 1 amide bonds. The van der Waals surface area contributed by atoms with Gasteiger partial charge in [0.1, 0.15) is 0 Å². The average Bonchev–Trinajstić information content (AvgIpc) is 2.96. The molecule has 1 aliphatic heterocycles. The maximum absolute atomic E-state index is 12.7. The van der Waals surface area contributed by atoms with E-state index < -0.39 is 0 Å². The van der Waals surface area contributed by atoms with Crippen molar-refractivity contribution in [2.45, 2.75) is 32.7 Å². The molecule has 1 N–H and O–H groups in total. The summed E-state index contributed by atoms with van der Waals surface area (Å²) >= 11 is 0. The molecular formula is C14H25ClN4O. The van der Waals surface area contributed by atoms with Crippen LogP contribution in [0.25, 0.3) is 0 Å². The van der Waals surface area contributed by atoms with E-state index in [9.17, 15) is 4.79 Å². The summed E-state index contributed by atoms with van der Waals surface area (Å²) in [5.41, 5.74) is 1.16. The second kappa shape index (κ2) is 7.09. The number of nitrogens with zero attached hydrogens (tertiary/aromatic N) is 3. The molecule has 1 fully saturated rings. The molecule has 1 aromatic heterocycles. The SMILES string of the molecule is CCN(C(=O)[C@H]1CNC[C@@H]1c1cnn(C)c1)C(C)C.Cl. The number of nitrogens with one attached hydrogen (secondary N) is 1. The Hall–Kier alpha value is -1.07. The van der Waals surface area contributed by atoms with E-state index in [2.05, 4.69) is 24.3 Å². The monoisotopic (exact) mass is 300 g/mol. The third-order valence-electron chi connectivity index (χ3n) is 3.93. The summed E-state index contributed by atoms with van der Waals surface area (Å²) in [5, 5.41) is 7.56. The molecule has 0 spiro atoms. The van der Waals surface area contributed by atoms with Gasteiger partial charge in [-0.05, 0) is 26.3 Å². The molecule has 2 rings (SSSR count). The van der Waals surface area contributed by atoms with Crippen molar-refractivity contribution in [3.05, 3.63) is 18.0 Å². The first-order chi connectivity index (χ1) is 9.04. The van der Waals surface area contributed by atoms with E-state index in [1.807, 2.05) is 31.3 Å². The fourth-order valence-electron chi connectivity index (χ4n) is 2.91. The minimum absolute atomic E-state index is 0. The number of aromatic nitrogens is 2. The maximum atomic E-state index is 12.7. The highest BCUT2D eigenvalue weighted by atomic mass is 35.5. The van der Waals surface area contributed by atoms with Crippen LogP contribution in [0, 0.1) is 5.92 Å². The van der Waals surface area contributed by atoms with Crippen molar-refractivity contribution in [2.24, 2.45) is 13.0 Å². The van der Waals surface area contributed by atoms with Gasteiger partial charge in [0.25, 0.3) is 0 Å². The smallest absolute Gasteiger partial charge is 0.227 e. The van der Waals surface area contributed by atoms with Gasteiger partial charge in [0.2, 0.25) is 5.91 Å². The molecule has 2 heterocycles. The predicted octanol–water partition coefficient (Wildman–Crippen LogP) is 1.40. The zero-order chi connectivity index (χ0) is 14.0. The van der Waals surface area contributed by atoms with Crippen LogP contribution in [0.5, 0.6) is 0 Å². The minimum Gasteiger partial charge on any atom is -0.340 e. The topological polar surface area (TPSA) is 50.2 Å². The number of amides is 1. The number of hydrogen-bond donors (Lipinski definition) is 1. The van der Waals surface area contributed by atoms with Crippen molar-refractivity contribution in [3.63, 3.8) is 0 Å². The summed E-state index contributed by atoms with van der Waals surface area (Å²) in [4.78, 5) is 14.6. The normalized spacial score (nSPS) is 21.9. The maximum Gasteiger partial charge on any atom is 0.227 e. The number of carbonyl (C=O) groups excluding carboxylic acids is 1. The molecule has 0 aliphatic carbocycles. The van der Waals surface area contributed by atoms with Crippen molar-refractivity contribution in [1.29, 1.82) is 0 Å². The van der Waals surface area contributed by atoms with E-state index in [0.717, 1.165) is 25.2 Å². The zero-order valence-corrected chi connectivity index (χ0v) is 13.5. The summed E-state index contributed by atoms with van der Waals surface area (Å²) in [6, 6.07) is 0.257. The molecule has 6 heteroatoms. The van der Waals surface area contributed by atoms with Gasteiger partial charge in [-0.3, -0.25) is 9.48 Å². The van der Waals surface area contributed by atoms with Crippen molar-refractivity contribution in [1.82, 2.24) is 20.0 Å². The Bertz CT molecular complexity index is 446. The van der Waals surface area contributed by atoms with Crippen LogP contribution in [-0.2, 0) is 11.8 Å². The fraction of sp³-hybridized carbons (Fsp3) is 0.714. The van der Waals surface area contributed by atoms with Gasteiger partial charge >= 0.3 is 0 Å². The quantitative estimate of drug-likeness (QED) is 0.914. The van der Waals surface area contributed by atoms with E-state index in [4.69, 9.17) is 0 Å². The molecule has 0 unspecified atom stereocenters. The second-order valence-electron chi connectivity index (χ2n) is 5.54. The summed E-state index contributed by atoms with van der Waals surface area (Å²) in [6.45, 7) is 8.58. The summed E-state index contributed by atoms with van der Waals surface area (Å²) in [5.74, 6) is 0.539. The first kappa shape index (κ1) is 17.0. The Balaban J connectivity index is 0.00000200. The van der Waals surface area contributed by atoms with Crippen molar-refractivity contribution in [3.8, 4) is 0 Å². The van der Waals surface area contributed by atoms with Crippen LogP contribution in [0.3, 0.4) is 0 Å². The van der Waals surface area contributed by atoms with Gasteiger partial charge in [0.05, 0.1) is 12.1 Å². The Morgan fingerprint density at radius 2 is 2.25 bits per heavy atom. The Labute approximate surface area is 127 Å². The van der Waals surface area contributed by atoms with Gasteiger partial charge in [-0.2, -0.15) is 5.10 Å². The highest BCUT2D eigenvalue weighted by Gasteiger charge is 2.37. The van der Waals surface area contributed by atoms with Crippen molar-refractivity contribution < 1.29 is 4.79 Å². The Kier molecular flexibility index (Phi) is 6.02. The second-order valence-corrected chi connectivity index (χ2v) is 5.54. The molecule has 20 heavy (non-hydrogen) atoms. The van der Waals surface area contributed by atoms with Crippen LogP contribution in [0.1, 0.15) is 32.3 Å². The van der Waals surface area contributed by atoms with E-state index >= 15 is 0 Å². The molecule has 114 valence electrons. The number of carbonyl (C=O) groups is 1. The lowest BCUT2D eigenvalue weighted by Gasteiger charge is -2.29. The van der Waals surface area contributed by atoms with Crippen LogP contribution in [0.15, 0.2) is 12.4 Å². The Morgan fingerprint density at radius 3 is 2.75 bits per heavy atom. The van der Waals surface area contributed by atoms with Gasteiger partial charge in [-0.1, -0.05) is 0 Å². The zero-order valence-electron chi connectivity index (χ0n) is 12.7. The number of halogens is 1. The molecule has 1 aliphatic rings. The third-order valence-corrected chi connectivity index (χ3v) is 3.93. The van der Waals surface area contributed by atoms with Crippen molar-refractivity contribution in [2.75, 3.05) is 19.6 Å². The lowest BCUT2D eigenvalue weighted by Crippen LogP contribution is -2.42. The molecule has 0 aromatic carbocycles. The van der Waals surface area contributed by atoms with E-state index in [1.54, 1.807) is 4.68 Å². The molecular weight excluding hydrogens is 276 g/mol. The predicted molar refractivity (Wildman–Crippen MR) is 82.1 cm³/mol. The summed E-state index contributed by atoms with van der Waals surface area (Å²) in [7, 11) is 1.91. The lowest BCUT2D eigenvalue weighted by molar-refractivity contribution is -0.136. The van der Waals surface area contributed by atoms with Crippen LogP contribution >= 0.6 is 12.4 Å². The van der Waals surface area contributed by atoms with Gasteiger partial charge in [0.15, 0.2) is 0 Å². The minimum atomic E-state index is 0. The average molecular weight is 301 g/mol. The van der Waals surface area contributed by atoms with Crippen molar-refractivity contribution >= 4 is 18.3 Å². The molecule has 0 saturated carbocycles. The van der Waals surface area contributed by atoms with Gasteiger partial charge < -0.3 is 10.2 Å². The molecule has 1 saturated heterocycles. The summed E-state index contributed by atoms with van der Waals surface area (Å²) in [6.07, 6.45) is 3.90. The van der Waals surface area contributed by atoms with E-state index in [0.29, 0.717) is 0 Å². The largest absolute Gasteiger partial charge is 0.340 e. The molecule has 2 atom stereocenters. The first-order valence-corrected chi connectivity index (χ1v) is 7.04. The van der Waals surface area contributed by atoms with Gasteiger partial charge in [-0.25, -0.2) is 0 Å². The lowest BCUT2D eigenvalue weighted by atomic mass is 9.89. The number of rotatable bonds is 4. The fourth-order valence-corrected chi connectivity index (χ4v) is 2.91. The van der Waals surface area contributed by atoms with E-state index in [-0.39, 0.29) is 36.2 Å². The highest BCUT2D eigenvalue weighted by molar-refractivity contribution is 5.85. The van der Waals surface area contributed by atoms with Crippen LogP contribution in [-0.4, -0.2) is 46.3 Å². The van der Waals surface area contributed by atoms with Gasteiger partial charge in [0, 0.05) is 44.8 Å². The molecule has 0 radical (unpaired) electrons. The van der Waals surface area contributed by atoms with Crippen LogP contribution in [0.2, 0.25) is 0 Å². The van der Waals surface area contributed by atoms with Crippen LogP contribution < -0.4 is 5.32 Å². The van der Waals surface area contributed by atoms with Crippen LogP contribution in [0.4, 0.5) is 0 Å². The van der Waals surface area contributed by atoms with Gasteiger partial charge in [-0.15, -0.1) is 12.4 Å². The summed E-state index contributed by atoms with van der Waals surface area (Å²) < 4.78 is 1.80. The molecule has 1 aromatic rings. The number of hydrogen-bond acceptors (Lipinski definition) is 3. The standard InChI is InChI=1S/C14H24N4O.ClH/c1-5-18(10(2)3)14(19)13-8-15-7-12(13)11-6-16-17(4)9-11;/h6,9-10,12-13,15H,5,7-8H2,1-4H3;1H/t12-,13+;/m1./s1. The molecule has 5 nitrogen and oxygen atoms in total. The highest BCUT2D eigenvalue weighted by Crippen LogP contribution is 2.29. The Morgan fingerprint density at radius 1 is 1.55 bits per heavy atom. The number of aryl methyl sites for hydroxylation is 1. The molecule has 0 bridgehead atoms. The first-order valence-electron chi connectivity index (χ1n) is 7.04.